The normalized spacial score (nSPS) is 21.4. The van der Waals surface area contributed by atoms with Gasteiger partial charge >= 0.3 is 5.97 Å². The van der Waals surface area contributed by atoms with E-state index in [2.05, 4.69) is 4.98 Å². The molecule has 0 amide bonds. The lowest BCUT2D eigenvalue weighted by molar-refractivity contribution is 0.0343. The summed E-state index contributed by atoms with van der Waals surface area (Å²) in [7, 11) is -2.37. The van der Waals surface area contributed by atoms with Gasteiger partial charge in [-0.3, -0.25) is 0 Å². The Morgan fingerprint density at radius 2 is 2.05 bits per heavy atom. The van der Waals surface area contributed by atoms with Gasteiger partial charge in [0, 0.05) is 0 Å². The van der Waals surface area contributed by atoms with Crippen LogP contribution in [0.5, 0.6) is 0 Å². The lowest BCUT2D eigenvalue weighted by Gasteiger charge is -2.05. The molecule has 5 heterocycles. The highest BCUT2D eigenvalue weighted by atomic mass is 31.2. The number of hydrogen-bond donors (Lipinski definition) is 1. The van der Waals surface area contributed by atoms with Crippen molar-refractivity contribution in [3.05, 3.63) is 5.76 Å². The van der Waals surface area contributed by atoms with E-state index in [1.54, 1.807) is 13.8 Å². The number of ether oxygens (including phenoxy) is 1. The number of aromatic nitrogens is 1. The second kappa shape index (κ2) is 2.93. The number of anilines is 1. The van der Waals surface area contributed by atoms with Gasteiger partial charge in [0.15, 0.2) is 17.0 Å². The summed E-state index contributed by atoms with van der Waals surface area (Å²) < 4.78 is 27.4. The summed E-state index contributed by atoms with van der Waals surface area (Å²) in [6.45, 7) is 3.44. The van der Waals surface area contributed by atoms with Crippen LogP contribution in [0, 0.1) is 0 Å². The second-order valence-electron chi connectivity index (χ2n) is 4.73. The maximum atomic E-state index is 11.9. The fourth-order valence-corrected chi connectivity index (χ4v) is 4.64. The highest BCUT2D eigenvalue weighted by Crippen LogP contribution is 2.70. The summed E-state index contributed by atoms with van der Waals surface area (Å²) in [6.07, 6.45) is -0.296. The molecular formula is C11H9N2O5P. The van der Waals surface area contributed by atoms with Gasteiger partial charge in [0.25, 0.3) is 6.01 Å². The zero-order chi connectivity index (χ0) is 13.5. The molecule has 0 fully saturated rings. The van der Waals surface area contributed by atoms with Crippen LogP contribution in [-0.4, -0.2) is 17.1 Å². The Kier molecular flexibility index (Phi) is 1.68. The third kappa shape index (κ3) is 1.16. The van der Waals surface area contributed by atoms with Crippen molar-refractivity contribution in [2.45, 2.75) is 20.0 Å². The van der Waals surface area contributed by atoms with E-state index in [9.17, 15) is 9.36 Å². The van der Waals surface area contributed by atoms with Crippen molar-refractivity contribution >= 4 is 35.2 Å². The molecule has 1 atom stereocenters. The molecule has 8 heteroatoms. The van der Waals surface area contributed by atoms with Gasteiger partial charge in [-0.1, -0.05) is 0 Å². The molecule has 98 valence electrons. The minimum absolute atomic E-state index is 0.116. The zero-order valence-electron chi connectivity index (χ0n) is 10.1. The van der Waals surface area contributed by atoms with Crippen molar-refractivity contribution in [2.75, 3.05) is 5.73 Å². The lowest BCUT2D eigenvalue weighted by Crippen LogP contribution is -2.12. The largest absolute Gasteiger partial charge is 0.457 e. The van der Waals surface area contributed by atoms with Gasteiger partial charge < -0.3 is 23.9 Å². The Bertz CT molecular complexity index is 791. The fourth-order valence-electron chi connectivity index (χ4n) is 2.16. The first-order chi connectivity index (χ1) is 8.94. The summed E-state index contributed by atoms with van der Waals surface area (Å²) in [4.78, 5) is 15.8. The Balaban J connectivity index is 1.78. The van der Waals surface area contributed by atoms with Gasteiger partial charge in [0.2, 0.25) is 12.9 Å². The van der Waals surface area contributed by atoms with E-state index in [1.807, 2.05) is 0 Å². The van der Waals surface area contributed by atoms with Crippen LogP contribution >= 0.6 is 7.14 Å². The standard InChI is InChI=1S/C11H9N2O5P/c1-3(2)16-9(14)6-4(13-11(12)18-6)5-7-8-10(17-5)19(7,8)15/h3H,1-2H3,(H2,12,13). The number of carbonyl (C=O) groups is 1. The van der Waals surface area contributed by atoms with Gasteiger partial charge in [-0.25, -0.2) is 4.79 Å². The van der Waals surface area contributed by atoms with Crippen LogP contribution < -0.4 is 21.8 Å². The fraction of sp³-hybridized carbons (Fsp3) is 0.273. The molecule has 3 aliphatic heterocycles. The van der Waals surface area contributed by atoms with Crippen LogP contribution in [0.15, 0.2) is 8.83 Å². The highest BCUT2D eigenvalue weighted by Gasteiger charge is 2.75. The number of nitrogen functional groups attached to an aromatic ring is 1. The van der Waals surface area contributed by atoms with Gasteiger partial charge in [-0.2, -0.15) is 4.98 Å². The quantitative estimate of drug-likeness (QED) is 0.426. The van der Waals surface area contributed by atoms with Crippen LogP contribution in [0.4, 0.5) is 6.01 Å². The van der Waals surface area contributed by atoms with E-state index in [4.69, 9.17) is 19.3 Å². The molecule has 2 bridgehead atoms. The molecule has 0 aromatic carbocycles. The summed E-state index contributed by atoms with van der Waals surface area (Å²) in [5.74, 6) is -0.461. The molecule has 0 saturated carbocycles. The van der Waals surface area contributed by atoms with Gasteiger partial charge in [0.05, 0.1) is 16.7 Å². The number of hydrogen-bond acceptors (Lipinski definition) is 7. The van der Waals surface area contributed by atoms with Gasteiger partial charge in [-0.15, -0.1) is 0 Å². The molecule has 2 aromatic heterocycles. The Morgan fingerprint density at radius 1 is 1.37 bits per heavy atom. The van der Waals surface area contributed by atoms with Gasteiger partial charge in [0.1, 0.15) is 0 Å². The summed E-state index contributed by atoms with van der Waals surface area (Å²) >= 11 is 0. The summed E-state index contributed by atoms with van der Waals surface area (Å²) in [5.41, 5.74) is 6.17. The minimum Gasteiger partial charge on any atom is -0.457 e. The highest BCUT2D eigenvalue weighted by molar-refractivity contribution is 8.06. The molecule has 1 unspecified atom stereocenters. The van der Waals surface area contributed by atoms with E-state index >= 15 is 0 Å². The Morgan fingerprint density at radius 3 is 2.58 bits per heavy atom. The number of nitrogens with two attached hydrogens (primary N) is 1. The van der Waals surface area contributed by atoms with Crippen LogP contribution in [0.3, 0.4) is 0 Å². The van der Waals surface area contributed by atoms with Crippen LogP contribution in [0.25, 0.3) is 11.5 Å². The number of carbonyl (C=O) groups excluding carboxylic acids is 1. The molecule has 0 radical (unpaired) electrons. The number of rotatable bonds is 3. The van der Waals surface area contributed by atoms with Crippen molar-refractivity contribution in [3.63, 3.8) is 0 Å². The smallest absolute Gasteiger partial charge is 0.377 e. The number of oxazole rings is 1. The predicted molar refractivity (Wildman–Crippen MR) is 65.7 cm³/mol. The molecule has 3 aliphatic rings. The van der Waals surface area contributed by atoms with E-state index in [1.165, 1.54) is 0 Å². The lowest BCUT2D eigenvalue weighted by atomic mass is 10.3. The topological polar surface area (TPSA) is 109 Å². The first kappa shape index (κ1) is 10.9. The molecule has 7 nitrogen and oxygen atoms in total. The monoisotopic (exact) mass is 280 g/mol. The molecule has 19 heavy (non-hydrogen) atoms. The van der Waals surface area contributed by atoms with Gasteiger partial charge in [-0.05, 0) is 13.8 Å². The van der Waals surface area contributed by atoms with Crippen molar-refractivity contribution < 1.29 is 22.9 Å². The third-order valence-corrected chi connectivity index (χ3v) is 5.60. The average Bonchev–Trinajstić information content (AvgIpc) is 2.89. The van der Waals surface area contributed by atoms with E-state index in [0.29, 0.717) is 16.6 Å². The summed E-state index contributed by atoms with van der Waals surface area (Å²) in [6, 6.07) is -0.158. The average molecular weight is 280 g/mol. The van der Waals surface area contributed by atoms with E-state index in [-0.39, 0.29) is 23.6 Å². The van der Waals surface area contributed by atoms with Crippen molar-refractivity contribution in [1.29, 1.82) is 0 Å². The Hall–Kier alpha value is -2.01. The third-order valence-electron chi connectivity index (χ3n) is 3.04. The second-order valence-corrected chi connectivity index (χ2v) is 7.25. The molecule has 2 N–H and O–H groups in total. The molecule has 0 saturated heterocycles. The van der Waals surface area contributed by atoms with E-state index < -0.39 is 13.1 Å². The summed E-state index contributed by atoms with van der Waals surface area (Å²) in [5, 5.41) is 1.45. The number of nitrogens with zero attached hydrogens (tertiary/aromatic N) is 1. The SMILES string of the molecule is CC(C)OC(=O)c1oc(N)nc1-c1oc2c3c1P23=O. The first-order valence-corrected chi connectivity index (χ1v) is 7.41. The minimum atomic E-state index is -2.37. The maximum Gasteiger partial charge on any atom is 0.377 e. The molecule has 5 rings (SSSR count). The first-order valence-electron chi connectivity index (χ1n) is 5.70. The van der Waals surface area contributed by atoms with Crippen molar-refractivity contribution in [1.82, 2.24) is 4.98 Å². The number of esters is 1. The Labute approximate surface area is 107 Å². The number of fused-ring (bicyclic) bond motifs is 1. The predicted octanol–water partition coefficient (Wildman–Crippen LogP) is 0.348. The van der Waals surface area contributed by atoms with Crippen LogP contribution in [0.1, 0.15) is 24.4 Å². The van der Waals surface area contributed by atoms with E-state index in [0.717, 1.165) is 5.30 Å². The van der Waals surface area contributed by atoms with Crippen LogP contribution in [-0.2, 0) is 9.30 Å². The number of furan rings is 1. The van der Waals surface area contributed by atoms with Crippen molar-refractivity contribution in [2.24, 2.45) is 0 Å². The zero-order valence-corrected chi connectivity index (χ0v) is 11.0. The molecule has 0 spiro atoms. The molecule has 0 aliphatic carbocycles. The van der Waals surface area contributed by atoms with Crippen molar-refractivity contribution in [3.8, 4) is 11.5 Å². The molecular weight excluding hydrogens is 271 g/mol. The molecule has 2 aromatic rings. The maximum absolute atomic E-state index is 11.9. The van der Waals surface area contributed by atoms with Crippen LogP contribution in [0.2, 0.25) is 0 Å².